The van der Waals surface area contributed by atoms with Gasteiger partial charge in [0.25, 0.3) is 0 Å². The molecule has 0 unspecified atom stereocenters. The summed E-state index contributed by atoms with van der Waals surface area (Å²) < 4.78 is 5.11. The van der Waals surface area contributed by atoms with E-state index in [2.05, 4.69) is 20.2 Å². The summed E-state index contributed by atoms with van der Waals surface area (Å²) in [6.45, 7) is 4.75. The van der Waals surface area contributed by atoms with Crippen LogP contribution in [0.2, 0.25) is 0 Å². The molecule has 2 rings (SSSR count). The van der Waals surface area contributed by atoms with Crippen LogP contribution in [0.5, 0.6) is 0 Å². The highest BCUT2D eigenvalue weighted by molar-refractivity contribution is 14.0. The molecule has 0 saturated carbocycles. The third kappa shape index (κ3) is 6.26. The molecule has 1 aromatic heterocycles. The van der Waals surface area contributed by atoms with E-state index in [1.165, 1.54) is 0 Å². The van der Waals surface area contributed by atoms with Crippen molar-refractivity contribution in [3.8, 4) is 0 Å². The topological polar surface area (TPSA) is 66.8 Å². The van der Waals surface area contributed by atoms with Crippen LogP contribution in [-0.4, -0.2) is 55.1 Å². The van der Waals surface area contributed by atoms with Crippen molar-refractivity contribution in [3.63, 3.8) is 0 Å². The Morgan fingerprint density at radius 3 is 2.75 bits per heavy atom. The standard InChI is InChI=1S/C17H26N4O2.HI/c1-3-23-16(22)14-8-12-21(13-9-14)17(18-2)20-11-7-15-6-4-5-10-19-15;/h4-6,10,14H,3,7-9,11-13H2,1-2H3,(H,18,20);1H. The second-order valence-corrected chi connectivity index (χ2v) is 5.56. The molecule has 1 fully saturated rings. The summed E-state index contributed by atoms with van der Waals surface area (Å²) in [5, 5.41) is 3.38. The Morgan fingerprint density at radius 1 is 1.42 bits per heavy atom. The second-order valence-electron chi connectivity index (χ2n) is 5.56. The number of rotatable bonds is 5. The molecule has 0 amide bonds. The van der Waals surface area contributed by atoms with Gasteiger partial charge in [-0.15, -0.1) is 24.0 Å². The van der Waals surface area contributed by atoms with Gasteiger partial charge < -0.3 is 15.0 Å². The number of carbonyl (C=O) groups is 1. The van der Waals surface area contributed by atoms with Crippen LogP contribution < -0.4 is 5.32 Å². The van der Waals surface area contributed by atoms with Gasteiger partial charge in [-0.3, -0.25) is 14.8 Å². The van der Waals surface area contributed by atoms with Gasteiger partial charge >= 0.3 is 5.97 Å². The molecule has 0 atom stereocenters. The van der Waals surface area contributed by atoms with Crippen LogP contribution in [0.4, 0.5) is 0 Å². The lowest BCUT2D eigenvalue weighted by Gasteiger charge is -2.33. The van der Waals surface area contributed by atoms with Crippen molar-refractivity contribution in [2.24, 2.45) is 10.9 Å². The van der Waals surface area contributed by atoms with E-state index in [1.807, 2.05) is 31.3 Å². The summed E-state index contributed by atoms with van der Waals surface area (Å²) in [4.78, 5) is 22.6. The fraction of sp³-hybridized carbons (Fsp3) is 0.588. The molecule has 0 aromatic carbocycles. The summed E-state index contributed by atoms with van der Waals surface area (Å²) in [7, 11) is 1.79. The maximum Gasteiger partial charge on any atom is 0.309 e. The van der Waals surface area contributed by atoms with Crippen LogP contribution in [0, 0.1) is 5.92 Å². The molecular weight excluding hydrogens is 419 g/mol. The monoisotopic (exact) mass is 446 g/mol. The minimum atomic E-state index is -0.0646. The first-order chi connectivity index (χ1) is 11.2. The van der Waals surface area contributed by atoms with Gasteiger partial charge in [0.15, 0.2) is 5.96 Å². The number of pyridine rings is 1. The van der Waals surface area contributed by atoms with Gasteiger partial charge in [-0.1, -0.05) is 6.07 Å². The van der Waals surface area contributed by atoms with Crippen molar-refractivity contribution >= 4 is 35.9 Å². The highest BCUT2D eigenvalue weighted by Crippen LogP contribution is 2.18. The van der Waals surface area contributed by atoms with Crippen LogP contribution in [0.3, 0.4) is 0 Å². The predicted octanol–water partition coefficient (Wildman–Crippen LogP) is 2.09. The van der Waals surface area contributed by atoms with Gasteiger partial charge in [0.1, 0.15) is 0 Å². The summed E-state index contributed by atoms with van der Waals surface area (Å²) in [5.74, 6) is 0.853. The number of hydrogen-bond acceptors (Lipinski definition) is 4. The lowest BCUT2D eigenvalue weighted by atomic mass is 9.97. The van der Waals surface area contributed by atoms with E-state index in [9.17, 15) is 4.79 Å². The van der Waals surface area contributed by atoms with Gasteiger partial charge in [0, 0.05) is 45.0 Å². The van der Waals surface area contributed by atoms with Gasteiger partial charge in [0.05, 0.1) is 12.5 Å². The molecule has 1 N–H and O–H groups in total. The Morgan fingerprint density at radius 2 is 2.17 bits per heavy atom. The van der Waals surface area contributed by atoms with Crippen LogP contribution in [-0.2, 0) is 16.0 Å². The number of likely N-dealkylation sites (tertiary alicyclic amines) is 1. The molecule has 2 heterocycles. The van der Waals surface area contributed by atoms with Crippen molar-refractivity contribution in [1.29, 1.82) is 0 Å². The highest BCUT2D eigenvalue weighted by Gasteiger charge is 2.27. The largest absolute Gasteiger partial charge is 0.466 e. The van der Waals surface area contributed by atoms with E-state index in [4.69, 9.17) is 4.74 Å². The average Bonchev–Trinajstić information content (AvgIpc) is 2.60. The molecule has 1 aliphatic rings. The van der Waals surface area contributed by atoms with Crippen molar-refractivity contribution in [2.45, 2.75) is 26.2 Å². The lowest BCUT2D eigenvalue weighted by molar-refractivity contribution is -0.149. The fourth-order valence-electron chi connectivity index (χ4n) is 2.77. The van der Waals surface area contributed by atoms with Crippen molar-refractivity contribution in [2.75, 3.05) is 33.3 Å². The molecule has 7 heteroatoms. The van der Waals surface area contributed by atoms with Crippen molar-refractivity contribution in [3.05, 3.63) is 30.1 Å². The number of hydrogen-bond donors (Lipinski definition) is 1. The Kier molecular flexibility index (Phi) is 9.66. The average molecular weight is 446 g/mol. The Labute approximate surface area is 161 Å². The smallest absolute Gasteiger partial charge is 0.309 e. The van der Waals surface area contributed by atoms with E-state index in [0.717, 1.165) is 50.6 Å². The van der Waals surface area contributed by atoms with Gasteiger partial charge in [-0.2, -0.15) is 0 Å². The normalized spacial score (nSPS) is 15.6. The number of halogens is 1. The Bertz CT molecular complexity index is 517. The zero-order valence-corrected chi connectivity index (χ0v) is 16.7. The minimum Gasteiger partial charge on any atom is -0.466 e. The van der Waals surface area contributed by atoms with Crippen LogP contribution in [0.25, 0.3) is 0 Å². The molecule has 0 bridgehead atoms. The maximum absolute atomic E-state index is 11.8. The van der Waals surface area contributed by atoms with Crippen LogP contribution in [0.1, 0.15) is 25.5 Å². The summed E-state index contributed by atoms with van der Waals surface area (Å²) in [5.41, 5.74) is 1.07. The molecule has 1 saturated heterocycles. The number of esters is 1. The van der Waals surface area contributed by atoms with E-state index >= 15 is 0 Å². The SMILES string of the molecule is CCOC(=O)C1CCN(C(=NC)NCCc2ccccn2)CC1.I. The Balaban J connectivity index is 0.00000288. The predicted molar refractivity (Wildman–Crippen MR) is 106 cm³/mol. The quantitative estimate of drug-likeness (QED) is 0.325. The van der Waals surface area contributed by atoms with Gasteiger partial charge in [-0.05, 0) is 31.9 Å². The first-order valence-electron chi connectivity index (χ1n) is 8.26. The molecule has 6 nitrogen and oxygen atoms in total. The first-order valence-corrected chi connectivity index (χ1v) is 8.26. The molecule has 0 spiro atoms. The van der Waals surface area contributed by atoms with E-state index in [0.29, 0.717) is 6.61 Å². The number of piperidine rings is 1. The zero-order valence-electron chi connectivity index (χ0n) is 14.4. The number of nitrogens with one attached hydrogen (secondary N) is 1. The molecule has 1 aromatic rings. The minimum absolute atomic E-state index is 0. The van der Waals surface area contributed by atoms with Crippen molar-refractivity contribution in [1.82, 2.24) is 15.2 Å². The van der Waals surface area contributed by atoms with Crippen LogP contribution in [0.15, 0.2) is 29.4 Å². The molecule has 1 aliphatic heterocycles. The zero-order chi connectivity index (χ0) is 16.5. The lowest BCUT2D eigenvalue weighted by Crippen LogP contribution is -2.47. The van der Waals surface area contributed by atoms with E-state index in [-0.39, 0.29) is 35.9 Å². The molecule has 134 valence electrons. The van der Waals surface area contributed by atoms with Gasteiger partial charge in [-0.25, -0.2) is 0 Å². The third-order valence-corrected chi connectivity index (χ3v) is 4.02. The number of ether oxygens (including phenoxy) is 1. The summed E-state index contributed by atoms with van der Waals surface area (Å²) in [6.07, 6.45) is 4.31. The third-order valence-electron chi connectivity index (χ3n) is 4.02. The molecule has 0 radical (unpaired) electrons. The number of carbonyl (C=O) groups excluding carboxylic acids is 1. The molecule has 24 heavy (non-hydrogen) atoms. The van der Waals surface area contributed by atoms with E-state index in [1.54, 1.807) is 7.05 Å². The number of nitrogens with zero attached hydrogens (tertiary/aromatic N) is 3. The first kappa shape index (κ1) is 20.7. The van der Waals surface area contributed by atoms with Crippen molar-refractivity contribution < 1.29 is 9.53 Å². The number of guanidine groups is 1. The Hall–Kier alpha value is -1.38. The van der Waals surface area contributed by atoms with Crippen LogP contribution >= 0.6 is 24.0 Å². The fourth-order valence-corrected chi connectivity index (χ4v) is 2.77. The van der Waals surface area contributed by atoms with Gasteiger partial charge in [0.2, 0.25) is 0 Å². The molecular formula is C17H27IN4O2. The highest BCUT2D eigenvalue weighted by atomic mass is 127. The molecule has 0 aliphatic carbocycles. The number of aliphatic imine (C=N–C) groups is 1. The number of aromatic nitrogens is 1. The summed E-state index contributed by atoms with van der Waals surface area (Å²) in [6, 6.07) is 5.94. The summed E-state index contributed by atoms with van der Waals surface area (Å²) >= 11 is 0. The second kappa shape index (κ2) is 11.2. The van der Waals surface area contributed by atoms with E-state index < -0.39 is 0 Å². The maximum atomic E-state index is 11.8.